The Balaban J connectivity index is 2.78. The zero-order valence-corrected chi connectivity index (χ0v) is 13.4. The molecule has 0 aromatic heterocycles. The topological polar surface area (TPSA) is 51.0 Å². The number of ether oxygens (including phenoxy) is 2. The summed E-state index contributed by atoms with van der Waals surface area (Å²) >= 11 is 23.0. The molecule has 20 heavy (non-hydrogen) atoms. The second-order valence-corrected chi connectivity index (χ2v) is 5.47. The molecular weight excluding hydrogens is 348 g/mol. The minimum Gasteiger partial charge on any atom is -0.489 e. The highest BCUT2D eigenvalue weighted by Crippen LogP contribution is 2.37. The van der Waals surface area contributed by atoms with Crippen molar-refractivity contribution in [3.8, 4) is 11.5 Å². The van der Waals surface area contributed by atoms with Gasteiger partial charge in [0.25, 0.3) is 0 Å². The Bertz CT molecular complexity index is 504. The maximum Gasteiger partial charge on any atom is 0.157 e. The van der Waals surface area contributed by atoms with Gasteiger partial charge in [0.1, 0.15) is 23.5 Å². The number of halogens is 4. The van der Waals surface area contributed by atoms with Gasteiger partial charge in [-0.2, -0.15) is 0 Å². The van der Waals surface area contributed by atoms with E-state index in [2.05, 4.69) is 5.16 Å². The summed E-state index contributed by atoms with van der Waals surface area (Å²) in [5.74, 6) is 0.736. The highest BCUT2D eigenvalue weighted by Gasteiger charge is 2.11. The Kier molecular flexibility index (Phi) is 7.30. The highest BCUT2D eigenvalue weighted by molar-refractivity contribution is 6.55. The Morgan fingerprint density at radius 1 is 1.25 bits per heavy atom. The van der Waals surface area contributed by atoms with Crippen LogP contribution in [0.25, 0.3) is 0 Å². The van der Waals surface area contributed by atoms with Crippen LogP contribution >= 0.6 is 46.4 Å². The lowest BCUT2D eigenvalue weighted by molar-refractivity contribution is 0.307. The van der Waals surface area contributed by atoms with Crippen molar-refractivity contribution in [2.24, 2.45) is 5.16 Å². The molecule has 1 N–H and O–H groups in total. The van der Waals surface area contributed by atoms with E-state index in [4.69, 9.17) is 61.1 Å². The minimum atomic E-state index is 0.0702. The Labute approximate surface area is 136 Å². The van der Waals surface area contributed by atoms with Gasteiger partial charge in [-0.05, 0) is 13.0 Å². The van der Waals surface area contributed by atoms with Gasteiger partial charge in [0, 0.05) is 12.1 Å². The van der Waals surface area contributed by atoms with Gasteiger partial charge < -0.3 is 14.7 Å². The van der Waals surface area contributed by atoms with E-state index >= 15 is 0 Å². The van der Waals surface area contributed by atoms with Gasteiger partial charge >= 0.3 is 0 Å². The van der Waals surface area contributed by atoms with Crippen molar-refractivity contribution in [2.75, 3.05) is 13.2 Å². The van der Waals surface area contributed by atoms with Crippen molar-refractivity contribution < 1.29 is 14.7 Å². The molecule has 1 rings (SSSR count). The third kappa shape index (κ3) is 5.67. The van der Waals surface area contributed by atoms with Crippen molar-refractivity contribution in [1.82, 2.24) is 0 Å². The summed E-state index contributed by atoms with van der Waals surface area (Å²) in [4.78, 5) is 0. The molecule has 8 heteroatoms. The van der Waals surface area contributed by atoms with E-state index < -0.39 is 0 Å². The average molecular weight is 359 g/mol. The first-order valence-corrected chi connectivity index (χ1v) is 6.88. The first kappa shape index (κ1) is 17.2. The van der Waals surface area contributed by atoms with Gasteiger partial charge in [-0.15, -0.1) is 0 Å². The molecule has 0 heterocycles. The van der Waals surface area contributed by atoms with E-state index in [1.807, 2.05) is 0 Å². The van der Waals surface area contributed by atoms with Crippen molar-refractivity contribution in [3.05, 3.63) is 32.7 Å². The van der Waals surface area contributed by atoms with Crippen LogP contribution in [0.3, 0.4) is 0 Å². The summed E-state index contributed by atoms with van der Waals surface area (Å²) in [6.07, 6.45) is 1.48. The molecule has 0 radical (unpaired) electrons. The lowest BCUT2D eigenvalue weighted by Crippen LogP contribution is -2.08. The maximum atomic E-state index is 8.53. The summed E-state index contributed by atoms with van der Waals surface area (Å²) in [5, 5.41) is 12.1. The van der Waals surface area contributed by atoms with E-state index in [0.29, 0.717) is 11.5 Å². The molecule has 1 aromatic carbocycles. The molecule has 110 valence electrons. The molecule has 0 spiro atoms. The molecule has 0 atom stereocenters. The van der Waals surface area contributed by atoms with Crippen molar-refractivity contribution >= 4 is 52.1 Å². The third-order valence-electron chi connectivity index (χ3n) is 2.06. The van der Waals surface area contributed by atoms with Crippen LogP contribution in [0, 0.1) is 0 Å². The molecule has 0 aliphatic carbocycles. The average Bonchev–Trinajstić information content (AvgIpc) is 2.37. The van der Waals surface area contributed by atoms with Crippen LogP contribution < -0.4 is 9.47 Å². The molecule has 0 unspecified atom stereocenters. The smallest absolute Gasteiger partial charge is 0.157 e. The molecule has 0 aliphatic heterocycles. The summed E-state index contributed by atoms with van der Waals surface area (Å²) in [6.45, 7) is 1.85. The normalized spacial score (nSPS) is 11.2. The quantitative estimate of drug-likeness (QED) is 0.446. The monoisotopic (exact) mass is 357 g/mol. The standard InChI is InChI=1S/C12H11Cl4NO3/c1-7(17-18)6-20-12-9(13)4-8(5-10(12)14)19-3-2-11(15)16/h2,4-5,18H,3,6H2,1H3. The molecule has 0 fully saturated rings. The van der Waals surface area contributed by atoms with Crippen molar-refractivity contribution in [3.63, 3.8) is 0 Å². The number of hydrogen-bond acceptors (Lipinski definition) is 4. The number of oxime groups is 1. The minimum absolute atomic E-state index is 0.0702. The van der Waals surface area contributed by atoms with Gasteiger partial charge in [0.2, 0.25) is 0 Å². The van der Waals surface area contributed by atoms with Crippen LogP contribution in [-0.4, -0.2) is 24.1 Å². The van der Waals surface area contributed by atoms with Gasteiger partial charge in [-0.25, -0.2) is 0 Å². The predicted molar refractivity (Wildman–Crippen MR) is 82.1 cm³/mol. The third-order valence-corrected chi connectivity index (χ3v) is 2.93. The van der Waals surface area contributed by atoms with Crippen LogP contribution in [-0.2, 0) is 0 Å². The molecule has 0 amide bonds. The number of nitrogens with zero attached hydrogens (tertiary/aromatic N) is 1. The van der Waals surface area contributed by atoms with Crippen LogP contribution in [0.4, 0.5) is 0 Å². The lowest BCUT2D eigenvalue weighted by atomic mass is 10.3. The molecule has 0 saturated heterocycles. The van der Waals surface area contributed by atoms with Crippen LogP contribution in [0.5, 0.6) is 11.5 Å². The van der Waals surface area contributed by atoms with E-state index in [0.717, 1.165) is 0 Å². The molecule has 0 saturated carbocycles. The zero-order chi connectivity index (χ0) is 15.1. The molecule has 0 aliphatic rings. The summed E-state index contributed by atoms with van der Waals surface area (Å²) in [5.41, 5.74) is 0.388. The lowest BCUT2D eigenvalue weighted by Gasteiger charge is -2.11. The number of hydrogen-bond donors (Lipinski definition) is 1. The predicted octanol–water partition coefficient (Wildman–Crippen LogP) is 4.92. The fourth-order valence-corrected chi connectivity index (χ4v) is 1.87. The number of benzene rings is 1. The van der Waals surface area contributed by atoms with Crippen LogP contribution in [0.15, 0.2) is 27.9 Å². The fourth-order valence-electron chi connectivity index (χ4n) is 1.16. The van der Waals surface area contributed by atoms with E-state index in [1.54, 1.807) is 19.1 Å². The largest absolute Gasteiger partial charge is 0.489 e. The molecular formula is C12H11Cl4NO3. The second-order valence-electron chi connectivity index (χ2n) is 3.64. The molecule has 0 bridgehead atoms. The van der Waals surface area contributed by atoms with Gasteiger partial charge in [-0.1, -0.05) is 51.6 Å². The van der Waals surface area contributed by atoms with Crippen molar-refractivity contribution in [2.45, 2.75) is 6.92 Å². The number of rotatable bonds is 6. The first-order chi connectivity index (χ1) is 9.43. The fraction of sp³-hybridized carbons (Fsp3) is 0.250. The molecule has 4 nitrogen and oxygen atoms in total. The van der Waals surface area contributed by atoms with Gasteiger partial charge in [-0.3, -0.25) is 0 Å². The SMILES string of the molecule is CC(COc1c(Cl)cc(OCC=C(Cl)Cl)cc1Cl)=NO. The van der Waals surface area contributed by atoms with Crippen LogP contribution in [0.1, 0.15) is 6.92 Å². The van der Waals surface area contributed by atoms with E-state index in [-0.39, 0.29) is 33.5 Å². The summed E-state index contributed by atoms with van der Waals surface area (Å²) in [7, 11) is 0. The summed E-state index contributed by atoms with van der Waals surface area (Å²) < 4.78 is 10.8. The van der Waals surface area contributed by atoms with Gasteiger partial charge in [0.05, 0.1) is 15.8 Å². The first-order valence-electron chi connectivity index (χ1n) is 5.37. The molecule has 1 aromatic rings. The van der Waals surface area contributed by atoms with E-state index in [1.165, 1.54) is 6.08 Å². The Morgan fingerprint density at radius 2 is 1.85 bits per heavy atom. The second kappa shape index (κ2) is 8.47. The van der Waals surface area contributed by atoms with E-state index in [9.17, 15) is 0 Å². The maximum absolute atomic E-state index is 8.53. The van der Waals surface area contributed by atoms with Gasteiger partial charge in [0.15, 0.2) is 5.75 Å². The Morgan fingerprint density at radius 3 is 2.35 bits per heavy atom. The van der Waals surface area contributed by atoms with Crippen molar-refractivity contribution in [1.29, 1.82) is 0 Å². The summed E-state index contributed by atoms with van der Waals surface area (Å²) in [6, 6.07) is 3.09. The highest BCUT2D eigenvalue weighted by atomic mass is 35.5. The van der Waals surface area contributed by atoms with Crippen LogP contribution in [0.2, 0.25) is 10.0 Å². The zero-order valence-electron chi connectivity index (χ0n) is 10.4. The Hall–Kier alpha value is -0.810.